The summed E-state index contributed by atoms with van der Waals surface area (Å²) in [5.74, 6) is 0.540. The van der Waals surface area contributed by atoms with Crippen LogP contribution in [0.2, 0.25) is 10.0 Å². The van der Waals surface area contributed by atoms with Crippen LogP contribution < -0.4 is 20.5 Å². The fraction of sp³-hybridized carbons (Fsp3) is 0.160. The number of carbonyl (C=O) groups is 2. The summed E-state index contributed by atoms with van der Waals surface area (Å²) in [6.45, 7) is 0.426. The van der Waals surface area contributed by atoms with Gasteiger partial charge in [-0.15, -0.1) is 0 Å². The Kier molecular flexibility index (Phi) is 7.74. The number of para-hydroxylation sites is 2. The van der Waals surface area contributed by atoms with E-state index in [0.717, 1.165) is 16.6 Å². The fourth-order valence-electron chi connectivity index (χ4n) is 3.30. The van der Waals surface area contributed by atoms with Crippen LogP contribution >= 0.6 is 23.2 Å². The Morgan fingerprint density at radius 3 is 2.54 bits per heavy atom. The van der Waals surface area contributed by atoms with Crippen molar-refractivity contribution in [2.75, 3.05) is 6.54 Å². The third-order valence-electron chi connectivity index (χ3n) is 5.06. The average molecular weight is 513 g/mol. The molecule has 35 heavy (non-hydrogen) atoms. The number of hydrogen-bond acceptors (Lipinski definition) is 5. The van der Waals surface area contributed by atoms with E-state index in [0.29, 0.717) is 32.9 Å². The third kappa shape index (κ3) is 6.44. The van der Waals surface area contributed by atoms with Crippen molar-refractivity contribution in [3.63, 3.8) is 0 Å². The Morgan fingerprint density at radius 2 is 1.77 bits per heavy atom. The number of primary amides is 1. The van der Waals surface area contributed by atoms with Crippen LogP contribution in [-0.2, 0) is 18.0 Å². The smallest absolute Gasteiger partial charge is 0.251 e. The summed E-state index contributed by atoms with van der Waals surface area (Å²) >= 11 is 12.2. The zero-order chi connectivity index (χ0) is 24.8. The second-order valence-corrected chi connectivity index (χ2v) is 8.49. The predicted octanol–water partition coefficient (Wildman–Crippen LogP) is 4.63. The minimum absolute atomic E-state index is 0.0445. The number of rotatable bonds is 10. The maximum atomic E-state index is 12.5. The van der Waals surface area contributed by atoms with Crippen LogP contribution in [-0.4, -0.2) is 28.3 Å². The van der Waals surface area contributed by atoms with E-state index in [1.54, 1.807) is 36.4 Å². The van der Waals surface area contributed by atoms with Gasteiger partial charge in [-0.05, 0) is 42.5 Å². The zero-order valence-electron chi connectivity index (χ0n) is 18.5. The molecule has 1 heterocycles. The molecular formula is C25H22Cl2N4O4. The molecule has 0 saturated heterocycles. The summed E-state index contributed by atoms with van der Waals surface area (Å²) in [7, 11) is 0. The average Bonchev–Trinajstić information content (AvgIpc) is 3.25. The minimum atomic E-state index is -0.497. The molecule has 0 aliphatic heterocycles. The minimum Gasteiger partial charge on any atom is -0.485 e. The van der Waals surface area contributed by atoms with Crippen molar-refractivity contribution >= 4 is 46.0 Å². The summed E-state index contributed by atoms with van der Waals surface area (Å²) in [6, 6.07) is 17.6. The molecule has 3 aromatic carbocycles. The van der Waals surface area contributed by atoms with E-state index < -0.39 is 5.91 Å². The summed E-state index contributed by atoms with van der Waals surface area (Å²) in [5.41, 5.74) is 7.93. The highest BCUT2D eigenvalue weighted by molar-refractivity contribution is 6.35. The van der Waals surface area contributed by atoms with Crippen molar-refractivity contribution in [3.05, 3.63) is 87.7 Å². The van der Waals surface area contributed by atoms with Gasteiger partial charge < -0.3 is 25.5 Å². The molecule has 2 amide bonds. The lowest BCUT2D eigenvalue weighted by molar-refractivity contribution is -0.117. The number of nitrogens with two attached hydrogens (primary N) is 1. The number of aromatic amines is 1. The number of ether oxygens (including phenoxy) is 2. The second-order valence-electron chi connectivity index (χ2n) is 7.65. The topological polar surface area (TPSA) is 119 Å². The first kappa shape index (κ1) is 24.4. The number of amides is 2. The standard InChI is InChI=1S/C25H22Cl2N4O4/c26-17-7-5-16(18(27)12-17)13-34-22-11-15(25(33)29-10-9-23(28)32)6-8-21(22)35-14-24-30-19-3-1-2-4-20(19)31-24/h1-8,11-12H,9-10,13-14H2,(H2,28,32)(H,29,33)(H,30,31). The molecular weight excluding hydrogens is 491 g/mol. The van der Waals surface area contributed by atoms with Gasteiger partial charge in [-0.25, -0.2) is 4.98 Å². The quantitative estimate of drug-likeness (QED) is 0.286. The number of aromatic nitrogens is 2. The second kappa shape index (κ2) is 11.1. The van der Waals surface area contributed by atoms with Crippen LogP contribution in [0.4, 0.5) is 0 Å². The van der Waals surface area contributed by atoms with E-state index in [1.807, 2.05) is 24.3 Å². The van der Waals surface area contributed by atoms with Crippen molar-refractivity contribution in [1.82, 2.24) is 15.3 Å². The SMILES string of the molecule is NC(=O)CCNC(=O)c1ccc(OCc2nc3ccccc3[nH]2)c(OCc2ccc(Cl)cc2Cl)c1. The molecule has 0 aliphatic carbocycles. The molecule has 0 aliphatic rings. The van der Waals surface area contributed by atoms with Gasteiger partial charge in [0.2, 0.25) is 5.91 Å². The molecule has 4 rings (SSSR count). The monoisotopic (exact) mass is 512 g/mol. The Labute approximate surface area is 211 Å². The number of nitrogens with zero attached hydrogens (tertiary/aromatic N) is 1. The molecule has 1 aromatic heterocycles. The predicted molar refractivity (Wildman–Crippen MR) is 134 cm³/mol. The summed E-state index contributed by atoms with van der Waals surface area (Å²) < 4.78 is 12.0. The molecule has 4 N–H and O–H groups in total. The van der Waals surface area contributed by atoms with E-state index in [2.05, 4.69) is 15.3 Å². The molecule has 0 fully saturated rings. The Balaban J connectivity index is 1.53. The largest absolute Gasteiger partial charge is 0.485 e. The first-order chi connectivity index (χ1) is 16.9. The fourth-order valence-corrected chi connectivity index (χ4v) is 3.76. The number of carbonyl (C=O) groups excluding carboxylic acids is 2. The summed E-state index contributed by atoms with van der Waals surface area (Å²) in [4.78, 5) is 31.2. The van der Waals surface area contributed by atoms with Gasteiger partial charge in [0.25, 0.3) is 5.91 Å². The lowest BCUT2D eigenvalue weighted by Gasteiger charge is -2.14. The first-order valence-electron chi connectivity index (χ1n) is 10.7. The molecule has 0 atom stereocenters. The highest BCUT2D eigenvalue weighted by Gasteiger charge is 2.14. The zero-order valence-corrected chi connectivity index (χ0v) is 20.0. The number of imidazole rings is 1. The molecule has 8 nitrogen and oxygen atoms in total. The number of hydrogen-bond donors (Lipinski definition) is 3. The molecule has 0 bridgehead atoms. The van der Waals surface area contributed by atoms with Crippen molar-refractivity contribution in [3.8, 4) is 11.5 Å². The molecule has 0 saturated carbocycles. The van der Waals surface area contributed by atoms with Crippen molar-refractivity contribution in [2.24, 2.45) is 5.73 Å². The van der Waals surface area contributed by atoms with Crippen molar-refractivity contribution < 1.29 is 19.1 Å². The molecule has 4 aromatic rings. The van der Waals surface area contributed by atoms with E-state index in [-0.39, 0.29) is 32.1 Å². The maximum absolute atomic E-state index is 12.5. The Bertz CT molecular complexity index is 1340. The van der Waals surface area contributed by atoms with Gasteiger partial charge in [0.15, 0.2) is 11.5 Å². The molecule has 0 unspecified atom stereocenters. The summed E-state index contributed by atoms with van der Waals surface area (Å²) in [6.07, 6.45) is 0.0445. The Morgan fingerprint density at radius 1 is 0.971 bits per heavy atom. The van der Waals surface area contributed by atoms with Crippen LogP contribution in [0.15, 0.2) is 60.7 Å². The van der Waals surface area contributed by atoms with Gasteiger partial charge in [-0.1, -0.05) is 41.4 Å². The van der Waals surface area contributed by atoms with E-state index in [4.69, 9.17) is 38.4 Å². The number of nitrogens with one attached hydrogen (secondary N) is 2. The van der Waals surface area contributed by atoms with Crippen LogP contribution in [0.3, 0.4) is 0 Å². The lowest BCUT2D eigenvalue weighted by Crippen LogP contribution is -2.27. The van der Waals surface area contributed by atoms with Gasteiger partial charge in [0.1, 0.15) is 19.0 Å². The van der Waals surface area contributed by atoms with Crippen LogP contribution in [0.1, 0.15) is 28.2 Å². The van der Waals surface area contributed by atoms with Gasteiger partial charge in [-0.3, -0.25) is 9.59 Å². The normalized spacial score (nSPS) is 10.8. The molecule has 10 heteroatoms. The van der Waals surface area contributed by atoms with E-state index in [9.17, 15) is 9.59 Å². The number of benzene rings is 3. The van der Waals surface area contributed by atoms with Crippen LogP contribution in [0.25, 0.3) is 11.0 Å². The van der Waals surface area contributed by atoms with Gasteiger partial charge in [0.05, 0.1) is 11.0 Å². The van der Waals surface area contributed by atoms with Crippen molar-refractivity contribution in [1.29, 1.82) is 0 Å². The molecule has 180 valence electrons. The van der Waals surface area contributed by atoms with Gasteiger partial charge in [-0.2, -0.15) is 0 Å². The lowest BCUT2D eigenvalue weighted by atomic mass is 10.2. The number of halogens is 2. The van der Waals surface area contributed by atoms with E-state index >= 15 is 0 Å². The summed E-state index contributed by atoms with van der Waals surface area (Å²) in [5, 5.41) is 3.63. The molecule has 0 radical (unpaired) electrons. The molecule has 0 spiro atoms. The van der Waals surface area contributed by atoms with Gasteiger partial charge in [0, 0.05) is 34.1 Å². The van der Waals surface area contributed by atoms with Crippen molar-refractivity contribution in [2.45, 2.75) is 19.6 Å². The van der Waals surface area contributed by atoms with Gasteiger partial charge >= 0.3 is 0 Å². The number of fused-ring (bicyclic) bond motifs is 1. The van der Waals surface area contributed by atoms with Crippen LogP contribution in [0, 0.1) is 0 Å². The first-order valence-corrected chi connectivity index (χ1v) is 11.5. The Hall–Kier alpha value is -3.75. The number of H-pyrrole nitrogens is 1. The van der Waals surface area contributed by atoms with E-state index in [1.165, 1.54) is 0 Å². The highest BCUT2D eigenvalue weighted by Crippen LogP contribution is 2.31. The highest BCUT2D eigenvalue weighted by atomic mass is 35.5. The van der Waals surface area contributed by atoms with Crippen LogP contribution in [0.5, 0.6) is 11.5 Å². The third-order valence-corrected chi connectivity index (χ3v) is 5.65. The maximum Gasteiger partial charge on any atom is 0.251 e.